The number of hydrogen-bond acceptors (Lipinski definition) is 3. The van der Waals surface area contributed by atoms with Crippen LogP contribution in [0.25, 0.3) is 10.8 Å². The van der Waals surface area contributed by atoms with Gasteiger partial charge in [-0.25, -0.2) is 0 Å². The summed E-state index contributed by atoms with van der Waals surface area (Å²) in [6.07, 6.45) is 0. The van der Waals surface area contributed by atoms with Crippen LogP contribution in [-0.4, -0.2) is 16.1 Å². The van der Waals surface area contributed by atoms with E-state index >= 15 is 0 Å². The van der Waals surface area contributed by atoms with Gasteiger partial charge >= 0.3 is 0 Å². The molecule has 5 heteroatoms. The molecule has 0 aliphatic rings. The molecule has 0 atom stereocenters. The van der Waals surface area contributed by atoms with Crippen molar-refractivity contribution < 1.29 is 9.90 Å². The van der Waals surface area contributed by atoms with Crippen LogP contribution in [0, 0.1) is 6.92 Å². The van der Waals surface area contributed by atoms with Gasteiger partial charge in [0.2, 0.25) is 0 Å². The van der Waals surface area contributed by atoms with Crippen molar-refractivity contribution in [3.8, 4) is 5.75 Å². The summed E-state index contributed by atoms with van der Waals surface area (Å²) < 4.78 is 0. The highest BCUT2D eigenvalue weighted by Crippen LogP contribution is 2.29. The highest BCUT2D eigenvalue weighted by molar-refractivity contribution is 7.80. The van der Waals surface area contributed by atoms with Gasteiger partial charge in [0.15, 0.2) is 5.11 Å². The Morgan fingerprint density at radius 2 is 1.71 bits per heavy atom. The van der Waals surface area contributed by atoms with Crippen LogP contribution in [0.1, 0.15) is 15.9 Å². The molecule has 0 aliphatic carbocycles. The molecular formula is C19H16N2O2S. The van der Waals surface area contributed by atoms with Gasteiger partial charge < -0.3 is 10.4 Å². The van der Waals surface area contributed by atoms with E-state index in [0.717, 1.165) is 22.0 Å². The molecule has 3 N–H and O–H groups in total. The fourth-order valence-corrected chi connectivity index (χ4v) is 2.72. The Hall–Kier alpha value is -2.92. The maximum Gasteiger partial charge on any atom is 0.257 e. The monoisotopic (exact) mass is 336 g/mol. The van der Waals surface area contributed by atoms with E-state index < -0.39 is 0 Å². The molecule has 0 aliphatic heterocycles. The summed E-state index contributed by atoms with van der Waals surface area (Å²) in [4.78, 5) is 12.2. The molecule has 0 spiro atoms. The Morgan fingerprint density at radius 1 is 1.00 bits per heavy atom. The van der Waals surface area contributed by atoms with E-state index in [1.807, 2.05) is 43.3 Å². The number of hydrogen-bond donors (Lipinski definition) is 3. The van der Waals surface area contributed by atoms with E-state index in [1.54, 1.807) is 24.3 Å². The number of nitrogens with one attached hydrogen (secondary N) is 2. The number of fused-ring (bicyclic) bond motifs is 1. The molecule has 0 bridgehead atoms. The summed E-state index contributed by atoms with van der Waals surface area (Å²) in [6.45, 7) is 1.93. The van der Waals surface area contributed by atoms with Gasteiger partial charge in [-0.15, -0.1) is 0 Å². The van der Waals surface area contributed by atoms with Crippen molar-refractivity contribution in [1.82, 2.24) is 5.32 Å². The molecule has 0 saturated heterocycles. The third-order valence-electron chi connectivity index (χ3n) is 3.65. The minimum absolute atomic E-state index is 0.200. The van der Waals surface area contributed by atoms with Crippen molar-refractivity contribution in [3.63, 3.8) is 0 Å². The summed E-state index contributed by atoms with van der Waals surface area (Å²) in [5, 5.41) is 17.4. The van der Waals surface area contributed by atoms with Crippen LogP contribution >= 0.6 is 12.2 Å². The van der Waals surface area contributed by atoms with Crippen LogP contribution < -0.4 is 10.6 Å². The molecule has 4 nitrogen and oxygen atoms in total. The van der Waals surface area contributed by atoms with Crippen LogP contribution in [0.15, 0.2) is 60.7 Å². The van der Waals surface area contributed by atoms with E-state index in [-0.39, 0.29) is 16.8 Å². The fraction of sp³-hybridized carbons (Fsp3) is 0.0526. The maximum atomic E-state index is 12.2. The first-order valence-electron chi connectivity index (χ1n) is 7.44. The highest BCUT2D eigenvalue weighted by atomic mass is 32.1. The van der Waals surface area contributed by atoms with Crippen LogP contribution in [0.3, 0.4) is 0 Å². The maximum absolute atomic E-state index is 12.2. The van der Waals surface area contributed by atoms with Gasteiger partial charge in [-0.3, -0.25) is 10.1 Å². The number of aryl methyl sites for hydroxylation is 1. The van der Waals surface area contributed by atoms with Crippen LogP contribution in [-0.2, 0) is 0 Å². The molecule has 120 valence electrons. The van der Waals surface area contributed by atoms with Crippen LogP contribution in [0.5, 0.6) is 5.75 Å². The lowest BCUT2D eigenvalue weighted by molar-refractivity contribution is 0.0977. The average Bonchev–Trinajstić information content (AvgIpc) is 2.56. The quantitative estimate of drug-likeness (QED) is 0.620. The number of carbonyl (C=O) groups is 1. The van der Waals surface area contributed by atoms with Gasteiger partial charge in [-0.1, -0.05) is 42.0 Å². The predicted octanol–water partition coefficient (Wildman–Crippen LogP) is 3.98. The standard InChI is InChI=1S/C19H16N2O2S/c1-12-5-2-6-13(11-12)18(23)21-19(24)20-16-9-3-8-15-14(16)7-4-10-17(15)22/h2-11,22H,1H3,(H2,20,21,23,24). The molecule has 3 aromatic rings. The van der Waals surface area contributed by atoms with Gasteiger partial charge in [-0.05, 0) is 43.4 Å². The first-order chi connectivity index (χ1) is 11.5. The van der Waals surface area contributed by atoms with E-state index in [2.05, 4.69) is 10.6 Å². The summed E-state index contributed by atoms with van der Waals surface area (Å²) >= 11 is 5.24. The topological polar surface area (TPSA) is 61.4 Å². The van der Waals surface area contributed by atoms with Gasteiger partial charge in [-0.2, -0.15) is 0 Å². The van der Waals surface area contributed by atoms with E-state index in [4.69, 9.17) is 12.2 Å². The van der Waals surface area contributed by atoms with E-state index in [0.29, 0.717) is 5.56 Å². The minimum atomic E-state index is -0.265. The lowest BCUT2D eigenvalue weighted by Gasteiger charge is -2.12. The Balaban J connectivity index is 1.78. The van der Waals surface area contributed by atoms with Gasteiger partial charge in [0, 0.05) is 22.0 Å². The molecule has 0 saturated carbocycles. The zero-order chi connectivity index (χ0) is 17.1. The first-order valence-corrected chi connectivity index (χ1v) is 7.85. The Kier molecular flexibility index (Phi) is 4.44. The summed E-state index contributed by atoms with van der Waals surface area (Å²) in [6, 6.07) is 18.0. The van der Waals surface area contributed by atoms with Crippen LogP contribution in [0.4, 0.5) is 5.69 Å². The second kappa shape index (κ2) is 6.68. The second-order valence-electron chi connectivity index (χ2n) is 5.46. The van der Waals surface area contributed by atoms with Crippen molar-refractivity contribution in [2.24, 2.45) is 0 Å². The molecule has 3 aromatic carbocycles. The molecule has 0 unspecified atom stereocenters. The van der Waals surface area contributed by atoms with Crippen molar-refractivity contribution in [3.05, 3.63) is 71.8 Å². The molecule has 24 heavy (non-hydrogen) atoms. The number of thiocarbonyl (C=S) groups is 1. The fourth-order valence-electron chi connectivity index (χ4n) is 2.52. The number of benzene rings is 3. The summed E-state index contributed by atoms with van der Waals surface area (Å²) in [5.41, 5.74) is 2.28. The number of aromatic hydroxyl groups is 1. The molecule has 0 fully saturated rings. The third-order valence-corrected chi connectivity index (χ3v) is 3.86. The summed E-state index contributed by atoms with van der Waals surface area (Å²) in [7, 11) is 0. The van der Waals surface area contributed by atoms with Crippen molar-refractivity contribution >= 4 is 39.7 Å². The molecule has 0 aromatic heterocycles. The zero-order valence-corrected chi connectivity index (χ0v) is 13.9. The average molecular weight is 336 g/mol. The smallest absolute Gasteiger partial charge is 0.257 e. The summed E-state index contributed by atoms with van der Waals surface area (Å²) in [5.74, 6) is -0.0647. The SMILES string of the molecule is Cc1cccc(C(=O)NC(=S)Nc2cccc3c(O)cccc23)c1. The Labute approximate surface area is 145 Å². The van der Waals surface area contributed by atoms with E-state index in [1.165, 1.54) is 0 Å². The molecule has 3 rings (SSSR count). The number of anilines is 1. The van der Waals surface area contributed by atoms with Crippen molar-refractivity contribution in [2.75, 3.05) is 5.32 Å². The third kappa shape index (κ3) is 3.36. The van der Waals surface area contributed by atoms with Crippen molar-refractivity contribution in [2.45, 2.75) is 6.92 Å². The Morgan fingerprint density at radius 3 is 2.50 bits per heavy atom. The van der Waals surface area contributed by atoms with Gasteiger partial charge in [0.25, 0.3) is 5.91 Å². The predicted molar refractivity (Wildman–Crippen MR) is 100 cm³/mol. The normalized spacial score (nSPS) is 10.4. The molecule has 0 radical (unpaired) electrons. The minimum Gasteiger partial charge on any atom is -0.507 e. The first kappa shape index (κ1) is 16.0. The second-order valence-corrected chi connectivity index (χ2v) is 5.86. The van der Waals surface area contributed by atoms with E-state index in [9.17, 15) is 9.90 Å². The van der Waals surface area contributed by atoms with Crippen molar-refractivity contribution in [1.29, 1.82) is 0 Å². The largest absolute Gasteiger partial charge is 0.507 e. The lowest BCUT2D eigenvalue weighted by Crippen LogP contribution is -2.34. The highest BCUT2D eigenvalue weighted by Gasteiger charge is 2.10. The lowest BCUT2D eigenvalue weighted by atomic mass is 10.1. The van der Waals surface area contributed by atoms with Gasteiger partial charge in [0.05, 0.1) is 0 Å². The molecule has 1 amide bonds. The zero-order valence-electron chi connectivity index (χ0n) is 13.0. The number of rotatable bonds is 2. The number of amides is 1. The Bertz CT molecular complexity index is 938. The molecule has 0 heterocycles. The number of phenolic OH excluding ortho intramolecular Hbond substituents is 1. The van der Waals surface area contributed by atoms with Crippen LogP contribution in [0.2, 0.25) is 0 Å². The number of carbonyl (C=O) groups excluding carboxylic acids is 1. The number of phenols is 1. The molecular weight excluding hydrogens is 320 g/mol. The van der Waals surface area contributed by atoms with Gasteiger partial charge in [0.1, 0.15) is 5.75 Å².